The molecular formula is C7H6ClNO2. The fourth-order valence-electron chi connectivity index (χ4n) is 0.675. The van der Waals surface area contributed by atoms with Gasteiger partial charge in [0.25, 0.3) is 0 Å². The van der Waals surface area contributed by atoms with E-state index < -0.39 is 11.3 Å². The van der Waals surface area contributed by atoms with Gasteiger partial charge in [-0.15, -0.1) is 11.6 Å². The Labute approximate surface area is 68.6 Å². The molecule has 0 aliphatic carbocycles. The Kier molecular flexibility index (Phi) is 2.44. The zero-order chi connectivity index (χ0) is 8.27. The number of carboxylic acids is 1. The molecule has 0 bridgehead atoms. The second-order valence-electron chi connectivity index (χ2n) is 1.98. The maximum absolute atomic E-state index is 10.3. The number of hydrogen-bond acceptors (Lipinski definition) is 2. The van der Waals surface area contributed by atoms with Gasteiger partial charge in [-0.05, 0) is 17.7 Å². The molecule has 0 aliphatic heterocycles. The summed E-state index contributed by atoms with van der Waals surface area (Å²) in [7, 11) is 0. The zero-order valence-corrected chi connectivity index (χ0v) is 6.32. The Hall–Kier alpha value is -1.09. The summed E-state index contributed by atoms with van der Waals surface area (Å²) in [5.74, 6) is -1.04. The molecule has 0 radical (unpaired) electrons. The standard InChI is InChI=1S/C7H6ClNO2/c8-6(7(10)11)5-1-3-9-4-2-5/h1-4,6H,(H,10,11). The number of aliphatic carboxylic acids is 1. The van der Waals surface area contributed by atoms with Crippen LogP contribution in [0.5, 0.6) is 0 Å². The monoisotopic (exact) mass is 171 g/mol. The van der Waals surface area contributed by atoms with Crippen molar-refractivity contribution in [3.05, 3.63) is 30.1 Å². The molecule has 1 heterocycles. The summed E-state index contributed by atoms with van der Waals surface area (Å²) in [6.45, 7) is 0. The third kappa shape index (κ3) is 1.91. The molecule has 0 saturated heterocycles. The molecule has 1 atom stereocenters. The highest BCUT2D eigenvalue weighted by atomic mass is 35.5. The zero-order valence-electron chi connectivity index (χ0n) is 5.57. The van der Waals surface area contributed by atoms with Crippen LogP contribution in [0.25, 0.3) is 0 Å². The third-order valence-corrected chi connectivity index (χ3v) is 1.65. The van der Waals surface area contributed by atoms with Gasteiger partial charge in [-0.1, -0.05) is 0 Å². The van der Waals surface area contributed by atoms with Crippen LogP contribution < -0.4 is 0 Å². The summed E-state index contributed by atoms with van der Waals surface area (Å²) in [6, 6.07) is 3.15. The Balaban J connectivity index is 2.85. The van der Waals surface area contributed by atoms with Crippen molar-refractivity contribution in [2.45, 2.75) is 5.38 Å². The second-order valence-corrected chi connectivity index (χ2v) is 2.42. The van der Waals surface area contributed by atoms with Gasteiger partial charge < -0.3 is 5.11 Å². The van der Waals surface area contributed by atoms with Crippen molar-refractivity contribution in [3.8, 4) is 0 Å². The highest BCUT2D eigenvalue weighted by Crippen LogP contribution is 2.18. The first-order chi connectivity index (χ1) is 5.22. The summed E-state index contributed by atoms with van der Waals surface area (Å²) in [5, 5.41) is 7.51. The summed E-state index contributed by atoms with van der Waals surface area (Å²) >= 11 is 5.51. The Morgan fingerprint density at radius 1 is 1.55 bits per heavy atom. The number of nitrogens with zero attached hydrogens (tertiary/aromatic N) is 1. The molecule has 1 N–H and O–H groups in total. The van der Waals surface area contributed by atoms with Crippen LogP contribution in [0.3, 0.4) is 0 Å². The molecule has 1 rings (SSSR count). The number of rotatable bonds is 2. The summed E-state index contributed by atoms with van der Waals surface area (Å²) in [4.78, 5) is 14.1. The molecule has 11 heavy (non-hydrogen) atoms. The highest BCUT2D eigenvalue weighted by Gasteiger charge is 2.14. The lowest BCUT2D eigenvalue weighted by molar-refractivity contribution is -0.136. The first-order valence-corrected chi connectivity index (χ1v) is 3.42. The van der Waals surface area contributed by atoms with Gasteiger partial charge in [0.05, 0.1) is 0 Å². The van der Waals surface area contributed by atoms with Crippen LogP contribution in [-0.4, -0.2) is 16.1 Å². The molecule has 0 amide bonds. The molecule has 0 spiro atoms. The van der Waals surface area contributed by atoms with Gasteiger partial charge in [-0.25, -0.2) is 0 Å². The van der Waals surface area contributed by atoms with Crippen LogP contribution in [0.1, 0.15) is 10.9 Å². The Morgan fingerprint density at radius 3 is 2.55 bits per heavy atom. The lowest BCUT2D eigenvalue weighted by atomic mass is 10.2. The predicted molar refractivity (Wildman–Crippen MR) is 40.5 cm³/mol. The van der Waals surface area contributed by atoms with Crippen molar-refractivity contribution in [2.24, 2.45) is 0 Å². The number of hydrogen-bond donors (Lipinski definition) is 1. The number of carboxylic acid groups (broad SMARTS) is 1. The van der Waals surface area contributed by atoms with Gasteiger partial charge in [0.15, 0.2) is 5.38 Å². The van der Waals surface area contributed by atoms with E-state index in [1.807, 2.05) is 0 Å². The molecule has 0 fully saturated rings. The van der Waals surface area contributed by atoms with Gasteiger partial charge in [0.2, 0.25) is 0 Å². The van der Waals surface area contributed by atoms with E-state index in [-0.39, 0.29) is 0 Å². The molecule has 1 unspecified atom stereocenters. The SMILES string of the molecule is O=C(O)C(Cl)c1ccncc1. The first kappa shape index (κ1) is 8.01. The van der Waals surface area contributed by atoms with E-state index >= 15 is 0 Å². The van der Waals surface area contributed by atoms with Crippen molar-refractivity contribution < 1.29 is 9.90 Å². The second kappa shape index (κ2) is 3.34. The van der Waals surface area contributed by atoms with Gasteiger partial charge in [-0.3, -0.25) is 9.78 Å². The maximum atomic E-state index is 10.3. The molecular weight excluding hydrogens is 166 g/mol. The summed E-state index contributed by atoms with van der Waals surface area (Å²) in [5.41, 5.74) is 0.550. The minimum Gasteiger partial charge on any atom is -0.480 e. The van der Waals surface area contributed by atoms with Crippen molar-refractivity contribution in [3.63, 3.8) is 0 Å². The summed E-state index contributed by atoms with van der Waals surface area (Å²) < 4.78 is 0. The van der Waals surface area contributed by atoms with E-state index in [1.165, 1.54) is 12.4 Å². The minimum absolute atomic E-state index is 0.550. The average Bonchev–Trinajstić information content (AvgIpc) is 2.05. The van der Waals surface area contributed by atoms with Crippen molar-refractivity contribution in [1.29, 1.82) is 0 Å². The largest absolute Gasteiger partial charge is 0.480 e. The van der Waals surface area contributed by atoms with E-state index in [0.29, 0.717) is 5.56 Å². The number of carbonyl (C=O) groups is 1. The quantitative estimate of drug-likeness (QED) is 0.686. The number of pyridine rings is 1. The fourth-order valence-corrected chi connectivity index (χ4v) is 0.820. The number of alkyl halides is 1. The molecule has 4 heteroatoms. The van der Waals surface area contributed by atoms with Gasteiger partial charge in [0.1, 0.15) is 0 Å². The van der Waals surface area contributed by atoms with Gasteiger partial charge in [-0.2, -0.15) is 0 Å². The highest BCUT2D eigenvalue weighted by molar-refractivity contribution is 6.29. The predicted octanol–water partition coefficient (Wildman–Crippen LogP) is 1.45. The van der Waals surface area contributed by atoms with Crippen molar-refractivity contribution >= 4 is 17.6 Å². The van der Waals surface area contributed by atoms with Crippen LogP contribution in [-0.2, 0) is 4.79 Å². The van der Waals surface area contributed by atoms with E-state index in [9.17, 15) is 4.79 Å². The molecule has 1 aromatic rings. The van der Waals surface area contributed by atoms with E-state index in [0.717, 1.165) is 0 Å². The molecule has 0 aliphatic rings. The fraction of sp³-hybridized carbons (Fsp3) is 0.143. The first-order valence-electron chi connectivity index (χ1n) is 2.98. The number of aromatic nitrogens is 1. The topological polar surface area (TPSA) is 50.2 Å². The molecule has 0 aromatic carbocycles. The van der Waals surface area contributed by atoms with Crippen LogP contribution in [0.4, 0.5) is 0 Å². The van der Waals surface area contributed by atoms with Gasteiger partial charge >= 0.3 is 5.97 Å². The minimum atomic E-state index is -1.04. The van der Waals surface area contributed by atoms with Gasteiger partial charge in [0, 0.05) is 12.4 Å². The van der Waals surface area contributed by atoms with Crippen molar-refractivity contribution in [1.82, 2.24) is 4.98 Å². The van der Waals surface area contributed by atoms with E-state index in [1.54, 1.807) is 12.1 Å². The average molecular weight is 172 g/mol. The third-order valence-electron chi connectivity index (χ3n) is 1.22. The van der Waals surface area contributed by atoms with E-state index in [2.05, 4.69) is 4.98 Å². The van der Waals surface area contributed by atoms with Crippen LogP contribution in [0.2, 0.25) is 0 Å². The van der Waals surface area contributed by atoms with Crippen LogP contribution in [0, 0.1) is 0 Å². The van der Waals surface area contributed by atoms with Crippen molar-refractivity contribution in [2.75, 3.05) is 0 Å². The smallest absolute Gasteiger partial charge is 0.326 e. The summed E-state index contributed by atoms with van der Waals surface area (Å²) in [6.07, 6.45) is 3.02. The molecule has 1 aromatic heterocycles. The molecule has 58 valence electrons. The maximum Gasteiger partial charge on any atom is 0.326 e. The Morgan fingerprint density at radius 2 is 2.09 bits per heavy atom. The van der Waals surface area contributed by atoms with E-state index in [4.69, 9.17) is 16.7 Å². The lowest BCUT2D eigenvalue weighted by Crippen LogP contribution is -2.04. The lowest BCUT2D eigenvalue weighted by Gasteiger charge is -2.01. The normalized spacial score (nSPS) is 12.5. The van der Waals surface area contributed by atoms with Crippen LogP contribution in [0.15, 0.2) is 24.5 Å². The molecule has 3 nitrogen and oxygen atoms in total. The number of halogens is 1. The Bertz CT molecular complexity index is 250. The van der Waals surface area contributed by atoms with Crippen LogP contribution >= 0.6 is 11.6 Å². The molecule has 0 saturated carbocycles.